The molecule has 6 rings (SSSR count). The molecule has 0 bridgehead atoms. The molecule has 0 aliphatic carbocycles. The molecule has 3 aromatic carbocycles. The van der Waals surface area contributed by atoms with Crippen molar-refractivity contribution in [3.05, 3.63) is 150 Å². The molecule has 3 aromatic heterocycles. The van der Waals surface area contributed by atoms with Crippen LogP contribution in [-0.4, -0.2) is 15.0 Å². The molecule has 0 N–H and O–H groups in total. The molecule has 0 saturated carbocycles. The van der Waals surface area contributed by atoms with E-state index in [-0.39, 0.29) is 20.1 Å². The van der Waals surface area contributed by atoms with Crippen LogP contribution in [0.1, 0.15) is 16.7 Å². The minimum atomic E-state index is 0. The van der Waals surface area contributed by atoms with E-state index < -0.39 is 0 Å². The van der Waals surface area contributed by atoms with Crippen molar-refractivity contribution in [3.8, 4) is 45.0 Å². The predicted octanol–water partition coefficient (Wildman–Crippen LogP) is 8.55. The van der Waals surface area contributed by atoms with E-state index in [2.05, 4.69) is 79.3 Å². The standard InChI is InChI=1S/C24H18N2.C12H10N.Ir/c1-17-9-12-19(13-10-17)23-7-5-8-24(26-23)21-16-20(14-11-18(21)2)22-6-3-4-15-25-22;1-10-5-7-11(8-6-10)12-4-2-3-9-13-12;/h3-12,14-15H,1-2H3;2-7,9H,1H3;/q-2;-1;+3. The topological polar surface area (TPSA) is 38.7 Å². The minimum Gasteiger partial charge on any atom is -0.335 e. The van der Waals surface area contributed by atoms with E-state index >= 15 is 0 Å². The van der Waals surface area contributed by atoms with Crippen molar-refractivity contribution in [1.82, 2.24) is 15.0 Å². The summed E-state index contributed by atoms with van der Waals surface area (Å²) in [5, 5.41) is 0. The Morgan fingerprint density at radius 3 is 1.57 bits per heavy atom. The zero-order valence-electron chi connectivity index (χ0n) is 22.6. The Balaban J connectivity index is 0.000000223. The monoisotopic (exact) mass is 695 g/mol. The maximum Gasteiger partial charge on any atom is 3.00 e. The second-order valence-electron chi connectivity index (χ2n) is 9.33. The summed E-state index contributed by atoms with van der Waals surface area (Å²) in [5.41, 5.74) is 11.3. The number of benzene rings is 3. The molecule has 0 spiro atoms. The Bertz CT molecular complexity index is 1650. The van der Waals surface area contributed by atoms with Crippen molar-refractivity contribution in [2.45, 2.75) is 20.8 Å². The van der Waals surface area contributed by atoms with Gasteiger partial charge in [-0.15, -0.1) is 94.5 Å². The van der Waals surface area contributed by atoms with Crippen LogP contribution in [0.4, 0.5) is 0 Å². The van der Waals surface area contributed by atoms with Crippen LogP contribution < -0.4 is 0 Å². The number of aryl methyl sites for hydroxylation is 3. The molecule has 0 saturated heterocycles. The van der Waals surface area contributed by atoms with Gasteiger partial charge in [0, 0.05) is 18.1 Å². The number of nitrogens with zero attached hydrogens (tertiary/aromatic N) is 3. The van der Waals surface area contributed by atoms with Gasteiger partial charge in [-0.25, -0.2) is 0 Å². The van der Waals surface area contributed by atoms with Crippen molar-refractivity contribution in [1.29, 1.82) is 0 Å². The van der Waals surface area contributed by atoms with Gasteiger partial charge in [-0.2, -0.15) is 0 Å². The van der Waals surface area contributed by atoms with E-state index in [1.807, 2.05) is 72.8 Å². The van der Waals surface area contributed by atoms with Crippen LogP contribution in [0.3, 0.4) is 0 Å². The number of aromatic nitrogens is 3. The van der Waals surface area contributed by atoms with Gasteiger partial charge in [0.2, 0.25) is 0 Å². The van der Waals surface area contributed by atoms with Gasteiger partial charge in [-0.1, -0.05) is 74.4 Å². The minimum absolute atomic E-state index is 0. The van der Waals surface area contributed by atoms with Gasteiger partial charge in [-0.05, 0) is 29.2 Å². The van der Waals surface area contributed by atoms with Crippen molar-refractivity contribution >= 4 is 0 Å². The molecule has 0 amide bonds. The van der Waals surface area contributed by atoms with Gasteiger partial charge < -0.3 is 9.97 Å². The van der Waals surface area contributed by atoms with E-state index in [0.717, 1.165) is 50.6 Å². The maximum atomic E-state index is 4.86. The fraction of sp³-hybridized carbons (Fsp3) is 0.0833. The predicted molar refractivity (Wildman–Crippen MR) is 159 cm³/mol. The first-order chi connectivity index (χ1) is 19.1. The molecule has 4 heteroatoms. The maximum absolute atomic E-state index is 4.86. The third kappa shape index (κ3) is 7.24. The van der Waals surface area contributed by atoms with Crippen LogP contribution in [-0.2, 0) is 20.1 Å². The molecule has 40 heavy (non-hydrogen) atoms. The van der Waals surface area contributed by atoms with E-state index in [9.17, 15) is 0 Å². The molecular formula is C36H28IrN3. The molecule has 0 atom stereocenters. The normalized spacial score (nSPS) is 10.2. The average Bonchev–Trinajstić information content (AvgIpc) is 2.99. The molecule has 0 aliphatic rings. The Hall–Kier alpha value is -4.24. The second-order valence-corrected chi connectivity index (χ2v) is 9.33. The number of pyridine rings is 3. The smallest absolute Gasteiger partial charge is 0.335 e. The van der Waals surface area contributed by atoms with Gasteiger partial charge >= 0.3 is 20.1 Å². The SMILES string of the molecule is Cc1c[c-]c(-c2cccc(-c3[c-]c(-c4ccccn4)ccc3C)n2)cc1.Cc1c[c-]c(-c2ccccn2)cc1.[Ir+3]. The molecule has 6 aromatic rings. The van der Waals surface area contributed by atoms with E-state index in [1.165, 1.54) is 11.1 Å². The third-order valence-corrected chi connectivity index (χ3v) is 6.25. The van der Waals surface area contributed by atoms with Crippen LogP contribution in [0, 0.1) is 39.0 Å². The Morgan fingerprint density at radius 1 is 0.500 bits per heavy atom. The molecule has 3 heterocycles. The Labute approximate surface area is 250 Å². The van der Waals surface area contributed by atoms with Crippen molar-refractivity contribution in [3.63, 3.8) is 0 Å². The molecule has 196 valence electrons. The first-order valence-corrected chi connectivity index (χ1v) is 12.9. The van der Waals surface area contributed by atoms with Gasteiger partial charge in [0.25, 0.3) is 0 Å². The fourth-order valence-electron chi connectivity index (χ4n) is 4.07. The van der Waals surface area contributed by atoms with Gasteiger partial charge in [0.05, 0.1) is 0 Å². The van der Waals surface area contributed by atoms with Crippen LogP contribution in [0.15, 0.2) is 116 Å². The van der Waals surface area contributed by atoms with Crippen molar-refractivity contribution in [2.75, 3.05) is 0 Å². The fourth-order valence-corrected chi connectivity index (χ4v) is 4.07. The Kier molecular flexibility index (Phi) is 9.86. The third-order valence-electron chi connectivity index (χ3n) is 6.25. The number of hydrogen-bond acceptors (Lipinski definition) is 3. The number of hydrogen-bond donors (Lipinski definition) is 0. The molecule has 0 unspecified atom stereocenters. The molecule has 0 fully saturated rings. The summed E-state index contributed by atoms with van der Waals surface area (Å²) in [6, 6.07) is 44.2. The number of rotatable bonds is 4. The van der Waals surface area contributed by atoms with E-state index in [1.54, 1.807) is 12.4 Å². The van der Waals surface area contributed by atoms with Gasteiger partial charge in [-0.3, -0.25) is 4.98 Å². The van der Waals surface area contributed by atoms with Gasteiger partial charge in [0.1, 0.15) is 0 Å². The molecule has 0 radical (unpaired) electrons. The summed E-state index contributed by atoms with van der Waals surface area (Å²) in [4.78, 5) is 13.5. The van der Waals surface area contributed by atoms with Crippen molar-refractivity contribution < 1.29 is 20.1 Å². The van der Waals surface area contributed by atoms with Crippen LogP contribution in [0.25, 0.3) is 45.0 Å². The van der Waals surface area contributed by atoms with Crippen molar-refractivity contribution in [2.24, 2.45) is 0 Å². The quantitative estimate of drug-likeness (QED) is 0.174. The van der Waals surface area contributed by atoms with Crippen LogP contribution >= 0.6 is 0 Å². The summed E-state index contributed by atoms with van der Waals surface area (Å²) in [6.45, 7) is 6.20. The molecule has 0 aliphatic heterocycles. The van der Waals surface area contributed by atoms with Crippen LogP contribution in [0.2, 0.25) is 0 Å². The summed E-state index contributed by atoms with van der Waals surface area (Å²) in [6.07, 6.45) is 3.60. The summed E-state index contributed by atoms with van der Waals surface area (Å²) in [7, 11) is 0. The van der Waals surface area contributed by atoms with E-state index in [0.29, 0.717) is 0 Å². The average molecular weight is 695 g/mol. The van der Waals surface area contributed by atoms with Gasteiger partial charge in [0.15, 0.2) is 0 Å². The molecular weight excluding hydrogens is 667 g/mol. The summed E-state index contributed by atoms with van der Waals surface area (Å²) < 4.78 is 0. The Morgan fingerprint density at radius 2 is 1.02 bits per heavy atom. The zero-order chi connectivity index (χ0) is 27.0. The largest absolute Gasteiger partial charge is 3.00 e. The summed E-state index contributed by atoms with van der Waals surface area (Å²) >= 11 is 0. The first kappa shape index (κ1) is 28.8. The molecule has 3 nitrogen and oxygen atoms in total. The van der Waals surface area contributed by atoms with Crippen LogP contribution in [0.5, 0.6) is 0 Å². The van der Waals surface area contributed by atoms with E-state index in [4.69, 9.17) is 4.98 Å². The second kappa shape index (κ2) is 13.7. The zero-order valence-corrected chi connectivity index (χ0v) is 25.0. The summed E-state index contributed by atoms with van der Waals surface area (Å²) in [5.74, 6) is 0. The first-order valence-electron chi connectivity index (χ1n) is 12.9.